The third-order valence-corrected chi connectivity index (χ3v) is 2.47. The second kappa shape index (κ2) is 6.68. The third kappa shape index (κ3) is 3.59. The quantitative estimate of drug-likeness (QED) is 0.429. The number of nitrogens with zero attached hydrogens (tertiary/aromatic N) is 2. The van der Waals surface area contributed by atoms with Crippen LogP contribution in [0.3, 0.4) is 0 Å². The average molecular weight is 236 g/mol. The molecule has 17 heavy (non-hydrogen) atoms. The minimum Gasteiger partial charge on any atom is -0.459 e. The first kappa shape index (κ1) is 13.2. The number of carbonyl (C=O) groups is 1. The van der Waals surface area contributed by atoms with Crippen molar-refractivity contribution in [1.29, 1.82) is 5.26 Å². The highest BCUT2D eigenvalue weighted by atomic mass is 16.3. The molecular weight excluding hydrogens is 220 g/mol. The predicted molar refractivity (Wildman–Crippen MR) is 61.5 cm³/mol. The van der Waals surface area contributed by atoms with Crippen LogP contribution in [0.25, 0.3) is 0 Å². The molecule has 0 aliphatic heterocycles. The summed E-state index contributed by atoms with van der Waals surface area (Å²) in [6, 6.07) is 3.83. The van der Waals surface area contributed by atoms with Crippen molar-refractivity contribution in [2.75, 3.05) is 13.1 Å². The van der Waals surface area contributed by atoms with Crippen molar-refractivity contribution < 1.29 is 9.21 Å². The van der Waals surface area contributed by atoms with Gasteiger partial charge in [0.2, 0.25) is 0 Å². The van der Waals surface area contributed by atoms with E-state index in [9.17, 15) is 4.79 Å². The van der Waals surface area contributed by atoms with E-state index < -0.39 is 5.91 Å². The van der Waals surface area contributed by atoms with Gasteiger partial charge in [-0.3, -0.25) is 15.1 Å². The molecule has 1 aromatic heterocycles. The Morgan fingerprint density at radius 1 is 1.71 bits per heavy atom. The molecule has 6 nitrogen and oxygen atoms in total. The lowest BCUT2D eigenvalue weighted by Crippen LogP contribution is -2.31. The van der Waals surface area contributed by atoms with Crippen molar-refractivity contribution in [1.82, 2.24) is 10.3 Å². The van der Waals surface area contributed by atoms with Crippen LogP contribution in [0.5, 0.6) is 0 Å². The van der Waals surface area contributed by atoms with Gasteiger partial charge in [0.05, 0.1) is 12.3 Å². The number of hydrazine groups is 1. The summed E-state index contributed by atoms with van der Waals surface area (Å²) in [6.45, 7) is 4.04. The summed E-state index contributed by atoms with van der Waals surface area (Å²) >= 11 is 0. The van der Waals surface area contributed by atoms with E-state index in [1.54, 1.807) is 6.07 Å². The summed E-state index contributed by atoms with van der Waals surface area (Å²) in [5.74, 6) is 4.84. The molecule has 1 amide bonds. The standard InChI is InChI=1S/C11H16N4O2/c1-2-15(6-3-5-12)8-9-4-7-17-10(9)11(16)14-13/h4,7H,2-3,6,8,13H2,1H3,(H,14,16). The van der Waals surface area contributed by atoms with Crippen LogP contribution >= 0.6 is 0 Å². The Kier molecular flexibility index (Phi) is 5.20. The first-order valence-corrected chi connectivity index (χ1v) is 5.39. The number of nitrogens with two attached hydrogens (primary N) is 1. The van der Waals surface area contributed by atoms with Crippen molar-refractivity contribution >= 4 is 5.91 Å². The van der Waals surface area contributed by atoms with Gasteiger partial charge in [-0.15, -0.1) is 0 Å². The molecule has 0 spiro atoms. The monoisotopic (exact) mass is 236 g/mol. The Morgan fingerprint density at radius 2 is 2.47 bits per heavy atom. The van der Waals surface area contributed by atoms with Crippen LogP contribution in [0, 0.1) is 11.3 Å². The number of carbonyl (C=O) groups excluding carboxylic acids is 1. The van der Waals surface area contributed by atoms with Gasteiger partial charge in [-0.05, 0) is 12.6 Å². The molecule has 0 atom stereocenters. The topological polar surface area (TPSA) is 95.3 Å². The Labute approximate surface area is 100.0 Å². The Hall–Kier alpha value is -1.84. The van der Waals surface area contributed by atoms with Crippen molar-refractivity contribution in [2.45, 2.75) is 19.9 Å². The lowest BCUT2D eigenvalue weighted by Gasteiger charge is -2.18. The maximum atomic E-state index is 11.4. The molecule has 3 N–H and O–H groups in total. The number of amides is 1. The summed E-state index contributed by atoms with van der Waals surface area (Å²) in [4.78, 5) is 13.4. The molecule has 0 aliphatic rings. The number of furan rings is 1. The highest BCUT2D eigenvalue weighted by Crippen LogP contribution is 2.13. The minimum absolute atomic E-state index is 0.225. The fourth-order valence-corrected chi connectivity index (χ4v) is 1.52. The maximum absolute atomic E-state index is 11.4. The molecule has 0 radical (unpaired) electrons. The van der Waals surface area contributed by atoms with E-state index in [0.717, 1.165) is 12.1 Å². The zero-order valence-corrected chi connectivity index (χ0v) is 9.77. The SMILES string of the molecule is CCN(CCC#N)Cc1ccoc1C(=O)NN. The summed E-state index contributed by atoms with van der Waals surface area (Å²) < 4.78 is 5.08. The largest absolute Gasteiger partial charge is 0.459 e. The van der Waals surface area contributed by atoms with Crippen LogP contribution < -0.4 is 11.3 Å². The molecule has 0 unspecified atom stereocenters. The van der Waals surface area contributed by atoms with E-state index in [1.165, 1.54) is 6.26 Å². The predicted octanol–water partition coefficient (Wildman–Crippen LogP) is 0.619. The molecule has 0 fully saturated rings. The maximum Gasteiger partial charge on any atom is 0.301 e. The molecule has 0 aromatic carbocycles. The molecule has 1 rings (SSSR count). The van der Waals surface area contributed by atoms with Gasteiger partial charge in [0, 0.05) is 25.1 Å². The normalized spacial score (nSPS) is 10.2. The Morgan fingerprint density at radius 3 is 3.06 bits per heavy atom. The Balaban J connectivity index is 2.70. The van der Waals surface area contributed by atoms with Crippen LogP contribution in [-0.4, -0.2) is 23.9 Å². The smallest absolute Gasteiger partial charge is 0.301 e. The average Bonchev–Trinajstić information content (AvgIpc) is 2.81. The van der Waals surface area contributed by atoms with Gasteiger partial charge >= 0.3 is 5.91 Å². The van der Waals surface area contributed by atoms with Crippen molar-refractivity contribution in [3.8, 4) is 6.07 Å². The second-order valence-corrected chi connectivity index (χ2v) is 3.53. The van der Waals surface area contributed by atoms with E-state index in [4.69, 9.17) is 15.5 Å². The van der Waals surface area contributed by atoms with Crippen LogP contribution in [0.1, 0.15) is 29.5 Å². The second-order valence-electron chi connectivity index (χ2n) is 3.53. The molecule has 0 saturated carbocycles. The number of hydrogen-bond acceptors (Lipinski definition) is 5. The van der Waals surface area contributed by atoms with Crippen LogP contribution in [-0.2, 0) is 6.54 Å². The zero-order chi connectivity index (χ0) is 12.7. The molecule has 6 heteroatoms. The molecule has 92 valence electrons. The number of nitrogens with one attached hydrogen (secondary N) is 1. The fraction of sp³-hybridized carbons (Fsp3) is 0.455. The van der Waals surface area contributed by atoms with Crippen molar-refractivity contribution in [3.63, 3.8) is 0 Å². The number of nitrogen functional groups attached to an aromatic ring is 1. The number of nitriles is 1. The highest BCUT2D eigenvalue weighted by molar-refractivity contribution is 5.92. The van der Waals surface area contributed by atoms with Gasteiger partial charge in [0.1, 0.15) is 0 Å². The van der Waals surface area contributed by atoms with Gasteiger partial charge in [-0.25, -0.2) is 5.84 Å². The van der Waals surface area contributed by atoms with Gasteiger partial charge in [0.25, 0.3) is 0 Å². The van der Waals surface area contributed by atoms with E-state index in [1.807, 2.05) is 12.3 Å². The summed E-state index contributed by atoms with van der Waals surface area (Å²) in [5.41, 5.74) is 2.81. The lowest BCUT2D eigenvalue weighted by molar-refractivity contribution is 0.0923. The van der Waals surface area contributed by atoms with E-state index in [2.05, 4.69) is 11.0 Å². The molecular formula is C11H16N4O2. The zero-order valence-electron chi connectivity index (χ0n) is 9.77. The van der Waals surface area contributed by atoms with Crippen LogP contribution in [0.2, 0.25) is 0 Å². The van der Waals surface area contributed by atoms with Gasteiger partial charge in [-0.1, -0.05) is 6.92 Å². The van der Waals surface area contributed by atoms with Crippen LogP contribution in [0.4, 0.5) is 0 Å². The summed E-state index contributed by atoms with van der Waals surface area (Å²) in [5, 5.41) is 8.54. The number of hydrogen-bond donors (Lipinski definition) is 2. The first-order valence-electron chi connectivity index (χ1n) is 5.39. The van der Waals surface area contributed by atoms with E-state index in [0.29, 0.717) is 19.5 Å². The molecule has 1 aromatic rings. The minimum atomic E-state index is -0.443. The molecule has 0 saturated heterocycles. The van der Waals surface area contributed by atoms with Gasteiger partial charge < -0.3 is 4.42 Å². The fourth-order valence-electron chi connectivity index (χ4n) is 1.52. The molecule has 0 aliphatic carbocycles. The number of rotatable bonds is 6. The van der Waals surface area contributed by atoms with E-state index in [-0.39, 0.29) is 5.76 Å². The molecule has 0 bridgehead atoms. The summed E-state index contributed by atoms with van der Waals surface area (Å²) in [6.07, 6.45) is 1.92. The van der Waals surface area contributed by atoms with E-state index >= 15 is 0 Å². The third-order valence-electron chi connectivity index (χ3n) is 2.47. The molecule has 1 heterocycles. The van der Waals surface area contributed by atoms with Gasteiger partial charge in [-0.2, -0.15) is 5.26 Å². The summed E-state index contributed by atoms with van der Waals surface area (Å²) in [7, 11) is 0. The lowest BCUT2D eigenvalue weighted by atomic mass is 10.2. The van der Waals surface area contributed by atoms with Gasteiger partial charge in [0.15, 0.2) is 5.76 Å². The Bertz CT molecular complexity index is 408. The van der Waals surface area contributed by atoms with Crippen LogP contribution in [0.15, 0.2) is 16.7 Å². The first-order chi connectivity index (χ1) is 8.22. The van der Waals surface area contributed by atoms with Crippen molar-refractivity contribution in [2.24, 2.45) is 5.84 Å². The highest BCUT2D eigenvalue weighted by Gasteiger charge is 2.16. The van der Waals surface area contributed by atoms with Crippen molar-refractivity contribution in [3.05, 3.63) is 23.7 Å².